The van der Waals surface area contributed by atoms with Gasteiger partial charge in [-0.05, 0) is 55.2 Å². The molecule has 0 saturated heterocycles. The Morgan fingerprint density at radius 2 is 1.19 bits per heavy atom. The van der Waals surface area contributed by atoms with Crippen LogP contribution in [0, 0.1) is 0 Å². The van der Waals surface area contributed by atoms with Gasteiger partial charge in [-0.25, -0.2) is 0 Å². The number of fused-ring (bicyclic) bond motifs is 5. The number of rotatable bonds is 0. The molecule has 6 aromatic rings. The zero-order chi connectivity index (χ0) is 17.4. The standard InChI is InChI=1S/C24H16N2/c25-19-11-10-18-17-7-3-5-13-8-9-15-12-14-4-1-2-6-16(14)22(21(15)20(13)17)23(18)24(19)26/h1-12H,25-26H2. The van der Waals surface area contributed by atoms with Crippen molar-refractivity contribution in [2.45, 2.75) is 0 Å². The molecular weight excluding hydrogens is 316 g/mol. The van der Waals surface area contributed by atoms with E-state index in [-0.39, 0.29) is 0 Å². The molecule has 0 bridgehead atoms. The minimum Gasteiger partial charge on any atom is -0.397 e. The highest BCUT2D eigenvalue weighted by Gasteiger charge is 2.17. The molecule has 0 aliphatic rings. The van der Waals surface area contributed by atoms with E-state index in [0.717, 1.165) is 5.39 Å². The summed E-state index contributed by atoms with van der Waals surface area (Å²) in [5, 5.41) is 12.2. The van der Waals surface area contributed by atoms with E-state index in [9.17, 15) is 0 Å². The Balaban J connectivity index is 2.15. The molecule has 0 amide bonds. The predicted molar refractivity (Wildman–Crippen MR) is 114 cm³/mol. The van der Waals surface area contributed by atoms with Crippen molar-refractivity contribution in [1.29, 1.82) is 0 Å². The average Bonchev–Trinajstić information content (AvgIpc) is 2.68. The van der Waals surface area contributed by atoms with Gasteiger partial charge in [0.25, 0.3) is 0 Å². The maximum atomic E-state index is 6.53. The summed E-state index contributed by atoms with van der Waals surface area (Å²) in [4.78, 5) is 0. The lowest BCUT2D eigenvalue weighted by molar-refractivity contribution is 1.74. The fourth-order valence-electron chi connectivity index (χ4n) is 4.55. The van der Waals surface area contributed by atoms with E-state index < -0.39 is 0 Å². The second-order valence-electron chi connectivity index (χ2n) is 7.03. The summed E-state index contributed by atoms with van der Waals surface area (Å²) in [6, 6.07) is 25.7. The Morgan fingerprint density at radius 1 is 0.462 bits per heavy atom. The molecule has 0 unspecified atom stereocenters. The van der Waals surface area contributed by atoms with Crippen molar-refractivity contribution in [3.8, 4) is 0 Å². The maximum absolute atomic E-state index is 6.53. The molecule has 0 spiro atoms. The molecule has 0 saturated carbocycles. The molecule has 26 heavy (non-hydrogen) atoms. The second-order valence-corrected chi connectivity index (χ2v) is 7.03. The molecule has 0 heterocycles. The lowest BCUT2D eigenvalue weighted by atomic mass is 9.86. The van der Waals surface area contributed by atoms with Crippen LogP contribution in [0.1, 0.15) is 0 Å². The number of hydrogen-bond donors (Lipinski definition) is 2. The summed E-state index contributed by atoms with van der Waals surface area (Å²) in [5.41, 5.74) is 14.0. The quantitative estimate of drug-likeness (QED) is 0.202. The number of nitrogen functional groups attached to an aromatic ring is 2. The Hall–Kier alpha value is -3.52. The van der Waals surface area contributed by atoms with Gasteiger partial charge in [0.1, 0.15) is 0 Å². The molecule has 2 nitrogen and oxygen atoms in total. The van der Waals surface area contributed by atoms with Gasteiger partial charge in [-0.2, -0.15) is 0 Å². The molecule has 0 aromatic heterocycles. The Bertz CT molecular complexity index is 1500. The molecule has 0 fully saturated rings. The van der Waals surface area contributed by atoms with Gasteiger partial charge in [-0.15, -0.1) is 0 Å². The van der Waals surface area contributed by atoms with E-state index in [2.05, 4.69) is 66.7 Å². The van der Waals surface area contributed by atoms with Crippen LogP contribution in [0.25, 0.3) is 53.9 Å². The SMILES string of the molecule is Nc1ccc2c3cccc4ccc5cc6ccccc6c(c2c1N)c5c43. The van der Waals surface area contributed by atoms with E-state index in [0.29, 0.717) is 11.4 Å². The van der Waals surface area contributed by atoms with Crippen LogP contribution >= 0.6 is 0 Å². The van der Waals surface area contributed by atoms with Crippen molar-refractivity contribution < 1.29 is 0 Å². The molecule has 0 atom stereocenters. The van der Waals surface area contributed by atoms with Gasteiger partial charge in [0, 0.05) is 10.8 Å². The van der Waals surface area contributed by atoms with Crippen molar-refractivity contribution in [2.24, 2.45) is 0 Å². The first-order valence-corrected chi connectivity index (χ1v) is 8.80. The third kappa shape index (κ3) is 1.52. The fraction of sp³-hybridized carbons (Fsp3) is 0. The van der Waals surface area contributed by atoms with Gasteiger partial charge in [-0.1, -0.05) is 60.7 Å². The van der Waals surface area contributed by atoms with Crippen LogP contribution < -0.4 is 11.5 Å². The lowest BCUT2D eigenvalue weighted by Crippen LogP contribution is -1.97. The zero-order valence-electron chi connectivity index (χ0n) is 14.1. The number of anilines is 2. The minimum absolute atomic E-state index is 0.636. The third-order valence-electron chi connectivity index (χ3n) is 5.69. The van der Waals surface area contributed by atoms with Crippen LogP contribution in [0.15, 0.2) is 72.8 Å². The van der Waals surface area contributed by atoms with Crippen LogP contribution in [-0.4, -0.2) is 0 Å². The molecule has 122 valence electrons. The van der Waals surface area contributed by atoms with Crippen LogP contribution in [0.2, 0.25) is 0 Å². The maximum Gasteiger partial charge on any atom is 0.0634 e. The van der Waals surface area contributed by atoms with Crippen molar-refractivity contribution in [3.63, 3.8) is 0 Å². The lowest BCUT2D eigenvalue weighted by Gasteiger charge is -2.18. The first-order chi connectivity index (χ1) is 12.7. The average molecular weight is 332 g/mol. The highest BCUT2D eigenvalue weighted by atomic mass is 14.7. The molecule has 0 aliphatic heterocycles. The zero-order valence-corrected chi connectivity index (χ0v) is 14.1. The van der Waals surface area contributed by atoms with Crippen molar-refractivity contribution in [2.75, 3.05) is 11.5 Å². The van der Waals surface area contributed by atoms with Crippen molar-refractivity contribution >= 4 is 65.2 Å². The van der Waals surface area contributed by atoms with E-state index in [1.807, 2.05) is 6.07 Å². The second kappa shape index (κ2) is 4.55. The number of nitrogens with two attached hydrogens (primary N) is 2. The van der Waals surface area contributed by atoms with Crippen molar-refractivity contribution in [1.82, 2.24) is 0 Å². The van der Waals surface area contributed by atoms with Gasteiger partial charge < -0.3 is 11.5 Å². The van der Waals surface area contributed by atoms with E-state index in [4.69, 9.17) is 11.5 Å². The summed E-state index contributed by atoms with van der Waals surface area (Å²) >= 11 is 0. The third-order valence-corrected chi connectivity index (χ3v) is 5.69. The van der Waals surface area contributed by atoms with Crippen LogP contribution in [-0.2, 0) is 0 Å². The summed E-state index contributed by atoms with van der Waals surface area (Å²) in [6.45, 7) is 0. The monoisotopic (exact) mass is 332 g/mol. The smallest absolute Gasteiger partial charge is 0.0634 e. The van der Waals surface area contributed by atoms with Crippen molar-refractivity contribution in [3.05, 3.63) is 72.8 Å². The highest BCUT2D eigenvalue weighted by molar-refractivity contribution is 6.40. The largest absolute Gasteiger partial charge is 0.397 e. The first-order valence-electron chi connectivity index (χ1n) is 8.80. The summed E-state index contributed by atoms with van der Waals surface area (Å²) in [5.74, 6) is 0. The van der Waals surface area contributed by atoms with E-state index >= 15 is 0 Å². The van der Waals surface area contributed by atoms with E-state index in [1.54, 1.807) is 0 Å². The summed E-state index contributed by atoms with van der Waals surface area (Å²) in [6.07, 6.45) is 0. The summed E-state index contributed by atoms with van der Waals surface area (Å²) in [7, 11) is 0. The molecule has 2 heteroatoms. The van der Waals surface area contributed by atoms with Crippen LogP contribution in [0.4, 0.5) is 11.4 Å². The normalized spacial score (nSPS) is 12.2. The minimum atomic E-state index is 0.636. The van der Waals surface area contributed by atoms with Gasteiger partial charge in [0.15, 0.2) is 0 Å². The Labute approximate surface area is 149 Å². The predicted octanol–water partition coefficient (Wildman–Crippen LogP) is 6.05. The molecule has 4 N–H and O–H groups in total. The molecular formula is C24H16N2. The molecule has 0 aliphatic carbocycles. The Morgan fingerprint density at radius 3 is 2.12 bits per heavy atom. The topological polar surface area (TPSA) is 52.0 Å². The molecule has 0 radical (unpaired) electrons. The number of hydrogen-bond acceptors (Lipinski definition) is 2. The first kappa shape index (κ1) is 13.7. The van der Waals surface area contributed by atoms with Gasteiger partial charge in [0.05, 0.1) is 11.4 Å². The Kier molecular flexibility index (Phi) is 2.41. The number of benzene rings is 6. The van der Waals surface area contributed by atoms with Gasteiger partial charge >= 0.3 is 0 Å². The fourth-order valence-corrected chi connectivity index (χ4v) is 4.55. The molecule has 6 rings (SSSR count). The van der Waals surface area contributed by atoms with Gasteiger partial charge in [-0.3, -0.25) is 0 Å². The highest BCUT2D eigenvalue weighted by Crippen LogP contribution is 2.46. The van der Waals surface area contributed by atoms with Gasteiger partial charge in [0.2, 0.25) is 0 Å². The van der Waals surface area contributed by atoms with Crippen LogP contribution in [0.3, 0.4) is 0 Å². The summed E-state index contributed by atoms with van der Waals surface area (Å²) < 4.78 is 0. The molecule has 6 aromatic carbocycles. The van der Waals surface area contributed by atoms with Crippen LogP contribution in [0.5, 0.6) is 0 Å². The van der Waals surface area contributed by atoms with E-state index in [1.165, 1.54) is 48.5 Å².